The largest absolute Gasteiger partial charge is 0.325 e. The van der Waals surface area contributed by atoms with Crippen molar-refractivity contribution in [2.24, 2.45) is 5.73 Å². The van der Waals surface area contributed by atoms with Crippen molar-refractivity contribution in [1.82, 2.24) is 4.90 Å². The van der Waals surface area contributed by atoms with Crippen molar-refractivity contribution >= 4 is 21.6 Å². The molecule has 2 heterocycles. The highest BCUT2D eigenvalue weighted by Crippen LogP contribution is 2.29. The summed E-state index contributed by atoms with van der Waals surface area (Å²) in [6.07, 6.45) is 0. The predicted molar refractivity (Wildman–Crippen MR) is 68.5 cm³/mol. The summed E-state index contributed by atoms with van der Waals surface area (Å²) in [5.41, 5.74) is 5.97. The Morgan fingerprint density at radius 2 is 2.00 bits per heavy atom. The molecule has 2 aliphatic rings. The van der Waals surface area contributed by atoms with Gasteiger partial charge in [-0.25, -0.2) is 8.42 Å². The van der Waals surface area contributed by atoms with Crippen LogP contribution in [0.1, 0.15) is 13.8 Å². The van der Waals surface area contributed by atoms with E-state index in [0.717, 1.165) is 12.3 Å². The van der Waals surface area contributed by atoms with Crippen LogP contribution in [0.5, 0.6) is 0 Å². The zero-order chi connectivity index (χ0) is 11.9. The van der Waals surface area contributed by atoms with Crippen LogP contribution in [-0.2, 0) is 9.84 Å². The molecule has 94 valence electrons. The normalized spacial score (nSPS) is 44.7. The Morgan fingerprint density at radius 3 is 2.56 bits per heavy atom. The number of nitrogens with two attached hydrogens (primary N) is 1. The zero-order valence-electron chi connectivity index (χ0n) is 9.80. The molecule has 0 bridgehead atoms. The minimum atomic E-state index is -2.91. The van der Waals surface area contributed by atoms with E-state index in [0.29, 0.717) is 11.3 Å². The van der Waals surface area contributed by atoms with Gasteiger partial charge in [0.1, 0.15) is 0 Å². The molecule has 0 saturated carbocycles. The van der Waals surface area contributed by atoms with Crippen molar-refractivity contribution in [2.45, 2.75) is 37.2 Å². The molecule has 0 aromatic rings. The third-order valence-electron chi connectivity index (χ3n) is 3.72. The van der Waals surface area contributed by atoms with Crippen LogP contribution in [0, 0.1) is 0 Å². The maximum absolute atomic E-state index is 11.6. The van der Waals surface area contributed by atoms with Gasteiger partial charge in [-0.05, 0) is 6.92 Å². The highest BCUT2D eigenvalue weighted by atomic mass is 32.2. The lowest BCUT2D eigenvalue weighted by Gasteiger charge is -2.42. The van der Waals surface area contributed by atoms with Crippen LogP contribution in [0.3, 0.4) is 0 Å². The number of sulfone groups is 1. The van der Waals surface area contributed by atoms with Gasteiger partial charge in [0.15, 0.2) is 9.84 Å². The van der Waals surface area contributed by atoms with Crippen LogP contribution in [-0.4, -0.2) is 60.5 Å². The van der Waals surface area contributed by atoms with Crippen LogP contribution < -0.4 is 5.73 Å². The lowest BCUT2D eigenvalue weighted by Crippen LogP contribution is -2.55. The first-order valence-electron chi connectivity index (χ1n) is 5.74. The maximum Gasteiger partial charge on any atom is 0.153 e. The van der Waals surface area contributed by atoms with Gasteiger partial charge in [-0.2, -0.15) is 11.8 Å². The van der Waals surface area contributed by atoms with E-state index in [4.69, 9.17) is 5.73 Å². The quantitative estimate of drug-likeness (QED) is 0.719. The molecule has 4 atom stereocenters. The summed E-state index contributed by atoms with van der Waals surface area (Å²) in [6.45, 7) is 5.34. The molecule has 0 spiro atoms. The van der Waals surface area contributed by atoms with Gasteiger partial charge in [-0.15, -0.1) is 0 Å². The Kier molecular flexibility index (Phi) is 3.55. The van der Waals surface area contributed by atoms with Crippen LogP contribution in [0.4, 0.5) is 0 Å². The Labute approximate surface area is 102 Å². The lowest BCUT2D eigenvalue weighted by atomic mass is 10.1. The zero-order valence-corrected chi connectivity index (χ0v) is 11.4. The van der Waals surface area contributed by atoms with Gasteiger partial charge in [0, 0.05) is 35.7 Å². The molecular formula is C10H20N2O2S2. The van der Waals surface area contributed by atoms with Gasteiger partial charge in [0.2, 0.25) is 0 Å². The first-order valence-corrected chi connectivity index (χ1v) is 8.61. The number of hydrogen-bond donors (Lipinski definition) is 1. The van der Waals surface area contributed by atoms with E-state index in [2.05, 4.69) is 18.7 Å². The second-order valence-electron chi connectivity index (χ2n) is 4.86. The van der Waals surface area contributed by atoms with Crippen molar-refractivity contribution < 1.29 is 8.42 Å². The predicted octanol–water partition coefficient (Wildman–Crippen LogP) is -0.0635. The molecule has 2 aliphatic heterocycles. The van der Waals surface area contributed by atoms with Crippen molar-refractivity contribution in [3.63, 3.8) is 0 Å². The molecule has 0 aliphatic carbocycles. The Bertz CT molecular complexity index is 358. The molecule has 0 aromatic heterocycles. The fraction of sp³-hybridized carbons (Fsp3) is 1.00. The van der Waals surface area contributed by atoms with Gasteiger partial charge in [-0.3, -0.25) is 4.90 Å². The summed E-state index contributed by atoms with van der Waals surface area (Å²) in [5.74, 6) is 1.48. The first kappa shape index (κ1) is 12.7. The smallest absolute Gasteiger partial charge is 0.153 e. The van der Waals surface area contributed by atoms with Crippen molar-refractivity contribution in [3.05, 3.63) is 0 Å². The van der Waals surface area contributed by atoms with Gasteiger partial charge in [0.25, 0.3) is 0 Å². The third kappa shape index (κ3) is 2.39. The van der Waals surface area contributed by atoms with E-state index in [9.17, 15) is 8.42 Å². The number of hydrogen-bond acceptors (Lipinski definition) is 5. The van der Waals surface area contributed by atoms with Gasteiger partial charge >= 0.3 is 0 Å². The van der Waals surface area contributed by atoms with Crippen molar-refractivity contribution in [3.8, 4) is 0 Å². The molecule has 2 saturated heterocycles. The van der Waals surface area contributed by atoms with Gasteiger partial charge < -0.3 is 5.73 Å². The van der Waals surface area contributed by atoms with Crippen molar-refractivity contribution in [2.75, 3.05) is 23.8 Å². The van der Waals surface area contributed by atoms with E-state index in [1.165, 1.54) is 0 Å². The highest BCUT2D eigenvalue weighted by Gasteiger charge is 2.42. The molecule has 2 fully saturated rings. The van der Waals surface area contributed by atoms with E-state index >= 15 is 0 Å². The minimum absolute atomic E-state index is 0.0309. The molecule has 4 unspecified atom stereocenters. The van der Waals surface area contributed by atoms with Crippen LogP contribution in [0.2, 0.25) is 0 Å². The number of rotatable bonds is 1. The van der Waals surface area contributed by atoms with E-state index in [1.54, 1.807) is 0 Å². The fourth-order valence-electron chi connectivity index (χ4n) is 2.62. The minimum Gasteiger partial charge on any atom is -0.325 e. The second kappa shape index (κ2) is 4.48. The standard InChI is InChI=1S/C10H20N2O2S2/c1-7-8(2)15-4-3-12(7)10-6-16(13,14)5-9(10)11/h7-10H,3-6,11H2,1-2H3. The average Bonchev–Trinajstić information content (AvgIpc) is 2.44. The summed E-state index contributed by atoms with van der Waals surface area (Å²) >= 11 is 1.96. The van der Waals surface area contributed by atoms with E-state index in [1.807, 2.05) is 11.8 Å². The average molecular weight is 264 g/mol. The summed E-state index contributed by atoms with van der Waals surface area (Å²) < 4.78 is 23.1. The Morgan fingerprint density at radius 1 is 1.31 bits per heavy atom. The monoisotopic (exact) mass is 264 g/mol. The lowest BCUT2D eigenvalue weighted by molar-refractivity contribution is 0.149. The number of nitrogens with zero attached hydrogens (tertiary/aromatic N) is 1. The van der Waals surface area contributed by atoms with E-state index in [-0.39, 0.29) is 23.6 Å². The van der Waals surface area contributed by atoms with Crippen LogP contribution in [0.25, 0.3) is 0 Å². The van der Waals surface area contributed by atoms with Gasteiger partial charge in [0.05, 0.1) is 11.5 Å². The Balaban J connectivity index is 2.13. The molecule has 6 heteroatoms. The molecule has 0 aromatic carbocycles. The molecule has 0 radical (unpaired) electrons. The number of thioether (sulfide) groups is 1. The van der Waals surface area contributed by atoms with Crippen LogP contribution >= 0.6 is 11.8 Å². The van der Waals surface area contributed by atoms with Crippen molar-refractivity contribution in [1.29, 1.82) is 0 Å². The maximum atomic E-state index is 11.6. The summed E-state index contributed by atoms with van der Waals surface area (Å²) in [5, 5.41) is 0.559. The summed E-state index contributed by atoms with van der Waals surface area (Å²) in [6, 6.07) is 0.245. The topological polar surface area (TPSA) is 63.4 Å². The molecule has 2 rings (SSSR count). The summed E-state index contributed by atoms with van der Waals surface area (Å²) in [4.78, 5) is 2.30. The van der Waals surface area contributed by atoms with E-state index < -0.39 is 9.84 Å². The Hall–Kier alpha value is 0.220. The summed E-state index contributed by atoms with van der Waals surface area (Å²) in [7, 11) is -2.91. The first-order chi connectivity index (χ1) is 7.41. The molecule has 2 N–H and O–H groups in total. The molecule has 16 heavy (non-hydrogen) atoms. The highest BCUT2D eigenvalue weighted by molar-refractivity contribution is 8.00. The molecular weight excluding hydrogens is 244 g/mol. The third-order valence-corrected chi connectivity index (χ3v) is 6.80. The SMILES string of the molecule is CC1SCCN(C2CS(=O)(=O)CC2N)C1C. The van der Waals surface area contributed by atoms with Crippen LogP contribution in [0.15, 0.2) is 0 Å². The molecule has 0 amide bonds. The van der Waals surface area contributed by atoms with Gasteiger partial charge in [-0.1, -0.05) is 6.92 Å². The second-order valence-corrected chi connectivity index (χ2v) is 8.50. The fourth-order valence-corrected chi connectivity index (χ4v) is 5.65. The molecule has 4 nitrogen and oxygen atoms in total.